The lowest BCUT2D eigenvalue weighted by Crippen LogP contribution is -2.30. The number of hydrogen-bond acceptors (Lipinski definition) is 3. The van der Waals surface area contributed by atoms with Gasteiger partial charge in [0.2, 0.25) is 0 Å². The van der Waals surface area contributed by atoms with Crippen molar-refractivity contribution >= 4 is 21.8 Å². The fourth-order valence-electron chi connectivity index (χ4n) is 2.11. The number of nitrogens with one attached hydrogen (secondary N) is 1. The van der Waals surface area contributed by atoms with E-state index in [1.807, 2.05) is 18.2 Å². The van der Waals surface area contributed by atoms with Crippen LogP contribution in [-0.4, -0.2) is 23.9 Å². The van der Waals surface area contributed by atoms with Crippen molar-refractivity contribution in [3.63, 3.8) is 0 Å². The Labute approximate surface area is 122 Å². The molecule has 19 heavy (non-hydrogen) atoms. The van der Waals surface area contributed by atoms with Crippen LogP contribution in [0.5, 0.6) is 0 Å². The van der Waals surface area contributed by atoms with Crippen LogP contribution in [0.2, 0.25) is 0 Å². The number of nitrogens with zero attached hydrogens (tertiary/aromatic N) is 1. The molecular weight excluding hydrogens is 306 g/mol. The zero-order valence-corrected chi connectivity index (χ0v) is 12.7. The molecule has 5 heteroatoms. The van der Waals surface area contributed by atoms with Crippen molar-refractivity contribution in [1.82, 2.24) is 10.3 Å². The summed E-state index contributed by atoms with van der Waals surface area (Å²) in [5.74, 6) is 5.76. The Balaban J connectivity index is 2.04. The van der Waals surface area contributed by atoms with Crippen LogP contribution in [-0.2, 0) is 6.54 Å². The first-order valence-electron chi connectivity index (χ1n) is 6.65. The molecule has 0 aromatic heterocycles. The van der Waals surface area contributed by atoms with E-state index in [9.17, 15) is 4.79 Å². The first-order valence-corrected chi connectivity index (χ1v) is 7.45. The van der Waals surface area contributed by atoms with Gasteiger partial charge in [-0.2, -0.15) is 0 Å². The highest BCUT2D eigenvalue weighted by Crippen LogP contribution is 2.30. The fraction of sp³-hybridized carbons (Fsp3) is 0.500. The Morgan fingerprint density at radius 1 is 1.53 bits per heavy atom. The summed E-state index contributed by atoms with van der Waals surface area (Å²) in [5, 5.41) is 0. The maximum absolute atomic E-state index is 11.4. The van der Waals surface area contributed by atoms with Gasteiger partial charge >= 0.3 is 0 Å². The number of nitrogens with two attached hydrogens (primary N) is 1. The molecular formula is C14H20BrN3O. The lowest BCUT2D eigenvalue weighted by atomic mass is 10.1. The Morgan fingerprint density at radius 2 is 2.26 bits per heavy atom. The minimum absolute atomic E-state index is 0.266. The molecule has 0 heterocycles. The molecule has 4 nitrogen and oxygen atoms in total. The molecule has 1 amide bonds. The molecule has 0 aliphatic heterocycles. The molecule has 0 spiro atoms. The van der Waals surface area contributed by atoms with Crippen LogP contribution in [0.4, 0.5) is 0 Å². The second-order valence-corrected chi connectivity index (χ2v) is 5.91. The van der Waals surface area contributed by atoms with Gasteiger partial charge in [0.05, 0.1) is 0 Å². The predicted molar refractivity (Wildman–Crippen MR) is 79.5 cm³/mol. The van der Waals surface area contributed by atoms with Gasteiger partial charge in [0.15, 0.2) is 0 Å². The number of hydrazine groups is 1. The van der Waals surface area contributed by atoms with E-state index in [1.54, 1.807) is 0 Å². The second-order valence-electron chi connectivity index (χ2n) is 5.05. The third-order valence-corrected chi connectivity index (χ3v) is 4.24. The number of carbonyl (C=O) groups is 1. The van der Waals surface area contributed by atoms with Crippen LogP contribution in [0.25, 0.3) is 0 Å². The molecule has 2 rings (SSSR count). The number of benzene rings is 1. The number of hydrogen-bond donors (Lipinski definition) is 2. The first-order chi connectivity index (χ1) is 9.13. The quantitative estimate of drug-likeness (QED) is 0.479. The molecule has 1 saturated carbocycles. The second kappa shape index (κ2) is 6.50. The minimum Gasteiger partial charge on any atom is -0.299 e. The van der Waals surface area contributed by atoms with E-state index in [4.69, 9.17) is 5.84 Å². The molecule has 1 aliphatic rings. The molecule has 104 valence electrons. The standard InChI is InChI=1S/C14H20BrN3O/c1-2-18(8-10-3-4-10)9-12-6-5-11(7-13(12)15)14(19)17-16/h5-7,10H,2-4,8-9,16H2,1H3,(H,17,19). The average molecular weight is 326 g/mol. The van der Waals surface area contributed by atoms with Gasteiger partial charge in [0.1, 0.15) is 0 Å². The maximum Gasteiger partial charge on any atom is 0.265 e. The third kappa shape index (κ3) is 4.03. The average Bonchev–Trinajstić information content (AvgIpc) is 3.23. The smallest absolute Gasteiger partial charge is 0.265 e. The van der Waals surface area contributed by atoms with Gasteiger partial charge in [-0.1, -0.05) is 28.9 Å². The summed E-state index contributed by atoms with van der Waals surface area (Å²) in [6, 6.07) is 5.62. The fourth-order valence-corrected chi connectivity index (χ4v) is 2.62. The van der Waals surface area contributed by atoms with Gasteiger partial charge < -0.3 is 0 Å². The zero-order chi connectivity index (χ0) is 13.8. The Kier molecular flexibility index (Phi) is 4.96. The topological polar surface area (TPSA) is 58.4 Å². The SMILES string of the molecule is CCN(Cc1ccc(C(=O)NN)cc1Br)CC1CC1. The Bertz CT molecular complexity index is 460. The highest BCUT2D eigenvalue weighted by molar-refractivity contribution is 9.10. The van der Waals surface area contributed by atoms with Gasteiger partial charge in [-0.05, 0) is 43.0 Å². The van der Waals surface area contributed by atoms with Crippen LogP contribution in [0, 0.1) is 5.92 Å². The lowest BCUT2D eigenvalue weighted by Gasteiger charge is -2.21. The van der Waals surface area contributed by atoms with Crippen LogP contribution >= 0.6 is 15.9 Å². The molecule has 0 unspecified atom stereocenters. The van der Waals surface area contributed by atoms with E-state index in [0.717, 1.165) is 23.5 Å². The predicted octanol–water partition coefficient (Wildman–Crippen LogP) is 2.28. The van der Waals surface area contributed by atoms with Crippen LogP contribution in [0.3, 0.4) is 0 Å². The molecule has 1 aromatic rings. The summed E-state index contributed by atoms with van der Waals surface area (Å²) < 4.78 is 0.961. The van der Waals surface area contributed by atoms with Gasteiger partial charge in [-0.3, -0.25) is 15.1 Å². The number of carbonyl (C=O) groups excluding carboxylic acids is 1. The molecule has 1 aliphatic carbocycles. The van der Waals surface area contributed by atoms with E-state index < -0.39 is 0 Å². The highest BCUT2D eigenvalue weighted by atomic mass is 79.9. The molecule has 0 atom stereocenters. The normalized spacial score (nSPS) is 14.7. The van der Waals surface area contributed by atoms with Gasteiger partial charge in [-0.25, -0.2) is 5.84 Å². The first kappa shape index (κ1) is 14.5. The number of rotatable bonds is 6. The van der Waals surface area contributed by atoms with Crippen molar-refractivity contribution in [3.8, 4) is 0 Å². The summed E-state index contributed by atoms with van der Waals surface area (Å²) >= 11 is 3.54. The van der Waals surface area contributed by atoms with Crippen molar-refractivity contribution < 1.29 is 4.79 Å². The molecule has 0 radical (unpaired) electrons. The van der Waals surface area contributed by atoms with E-state index in [1.165, 1.54) is 24.9 Å². The number of amides is 1. The van der Waals surface area contributed by atoms with Crippen LogP contribution < -0.4 is 11.3 Å². The Morgan fingerprint density at radius 3 is 2.79 bits per heavy atom. The number of halogens is 1. The summed E-state index contributed by atoms with van der Waals surface area (Å²) in [5.41, 5.74) is 3.92. The van der Waals surface area contributed by atoms with Crippen molar-refractivity contribution in [3.05, 3.63) is 33.8 Å². The van der Waals surface area contributed by atoms with Crippen LogP contribution in [0.15, 0.2) is 22.7 Å². The molecule has 1 fully saturated rings. The van der Waals surface area contributed by atoms with Crippen molar-refractivity contribution in [2.75, 3.05) is 13.1 Å². The maximum atomic E-state index is 11.4. The Hall–Kier alpha value is -0.910. The van der Waals surface area contributed by atoms with Crippen molar-refractivity contribution in [2.24, 2.45) is 11.8 Å². The highest BCUT2D eigenvalue weighted by Gasteiger charge is 2.23. The van der Waals surface area contributed by atoms with E-state index in [2.05, 4.69) is 33.2 Å². The van der Waals surface area contributed by atoms with Crippen molar-refractivity contribution in [2.45, 2.75) is 26.3 Å². The van der Waals surface area contributed by atoms with E-state index >= 15 is 0 Å². The number of nitrogen functional groups attached to an aromatic ring is 1. The van der Waals surface area contributed by atoms with E-state index in [-0.39, 0.29) is 5.91 Å². The molecule has 0 saturated heterocycles. The van der Waals surface area contributed by atoms with Crippen LogP contribution in [0.1, 0.15) is 35.7 Å². The van der Waals surface area contributed by atoms with Crippen molar-refractivity contribution in [1.29, 1.82) is 0 Å². The third-order valence-electron chi connectivity index (χ3n) is 3.50. The molecule has 1 aromatic carbocycles. The van der Waals surface area contributed by atoms with Gasteiger partial charge in [-0.15, -0.1) is 0 Å². The molecule has 3 N–H and O–H groups in total. The molecule has 0 bridgehead atoms. The summed E-state index contributed by atoms with van der Waals surface area (Å²) in [4.78, 5) is 13.9. The largest absolute Gasteiger partial charge is 0.299 e. The zero-order valence-electron chi connectivity index (χ0n) is 11.2. The minimum atomic E-state index is -0.266. The van der Waals surface area contributed by atoms with Gasteiger partial charge in [0.25, 0.3) is 5.91 Å². The van der Waals surface area contributed by atoms with E-state index in [0.29, 0.717) is 5.56 Å². The summed E-state index contributed by atoms with van der Waals surface area (Å²) in [6.07, 6.45) is 2.74. The lowest BCUT2D eigenvalue weighted by molar-refractivity contribution is 0.0953. The summed E-state index contributed by atoms with van der Waals surface area (Å²) in [6.45, 7) is 5.33. The monoisotopic (exact) mass is 325 g/mol. The van der Waals surface area contributed by atoms with Gasteiger partial charge in [0, 0.05) is 23.1 Å². The summed E-state index contributed by atoms with van der Waals surface area (Å²) in [7, 11) is 0.